The van der Waals surface area contributed by atoms with Crippen molar-refractivity contribution in [2.24, 2.45) is 0 Å². The van der Waals surface area contributed by atoms with Crippen LogP contribution in [-0.2, 0) is 9.53 Å². The number of halogens is 5. The number of esters is 1. The van der Waals surface area contributed by atoms with Gasteiger partial charge in [0.2, 0.25) is 0 Å². The van der Waals surface area contributed by atoms with Crippen LogP contribution in [0.3, 0.4) is 0 Å². The van der Waals surface area contributed by atoms with Gasteiger partial charge in [-0.25, -0.2) is 0 Å². The van der Waals surface area contributed by atoms with E-state index in [0.29, 0.717) is 0 Å². The quantitative estimate of drug-likeness (QED) is 0.371. The van der Waals surface area contributed by atoms with E-state index in [-0.39, 0.29) is 30.3 Å². The van der Waals surface area contributed by atoms with Gasteiger partial charge in [0.25, 0.3) is 0 Å². The van der Waals surface area contributed by atoms with E-state index in [1.165, 1.54) is 0 Å². The molecule has 1 aliphatic heterocycles. The largest absolute Gasteiger partial charge is 0.449 e. The molecule has 0 bridgehead atoms. The van der Waals surface area contributed by atoms with Crippen molar-refractivity contribution in [1.29, 1.82) is 0 Å². The van der Waals surface area contributed by atoms with E-state index in [2.05, 4.69) is 79.6 Å². The third-order valence-electron chi connectivity index (χ3n) is 1.59. The molecule has 0 amide bonds. The first-order valence-electron chi connectivity index (χ1n) is 3.36. The van der Waals surface area contributed by atoms with Crippen LogP contribution in [0.5, 0.6) is 0 Å². The number of alkyl halides is 5. The molecule has 0 aliphatic carbocycles. The minimum absolute atomic E-state index is 0.00748. The molecule has 1 heterocycles. The van der Waals surface area contributed by atoms with Gasteiger partial charge in [-0.1, -0.05) is 63.7 Å². The van der Waals surface area contributed by atoms with Crippen LogP contribution in [0.4, 0.5) is 0 Å². The van der Waals surface area contributed by atoms with Crippen molar-refractivity contribution in [2.45, 2.75) is 24.3 Å². The number of ether oxygens (including phenoxy) is 1. The number of carbonyl (C=O) groups is 1. The molecule has 1 aliphatic rings. The number of cyclic esters (lactones) is 1. The van der Waals surface area contributed by atoms with Crippen molar-refractivity contribution in [3.05, 3.63) is 0 Å². The summed E-state index contributed by atoms with van der Waals surface area (Å²) in [5.41, 5.74) is 0. The normalized spacial score (nSPS) is 46.8. The minimum atomic E-state index is -0.334. The monoisotopic (exact) mass is 504 g/mol. The molecule has 76 valence electrons. The van der Waals surface area contributed by atoms with Gasteiger partial charge in [0, 0.05) is 4.83 Å². The Bertz CT molecular complexity index is 211. The Hall–Kier alpha value is 1.87. The van der Waals surface area contributed by atoms with Crippen molar-refractivity contribution in [2.75, 3.05) is 0 Å². The summed E-state index contributed by atoms with van der Waals surface area (Å²) in [7, 11) is 0. The van der Waals surface area contributed by atoms with Gasteiger partial charge >= 0.3 is 5.97 Å². The maximum Gasteiger partial charge on any atom is 0.322 e. The summed E-state index contributed by atoms with van der Waals surface area (Å²) in [6.07, 6.45) is 0. The van der Waals surface area contributed by atoms with Gasteiger partial charge in [-0.05, 0) is 15.9 Å². The lowest BCUT2D eigenvalue weighted by molar-refractivity contribution is -0.142. The van der Waals surface area contributed by atoms with Crippen molar-refractivity contribution in [3.8, 4) is 0 Å². The topological polar surface area (TPSA) is 26.3 Å². The maximum absolute atomic E-state index is 11.4. The molecular formula is C6H5Br5O2. The summed E-state index contributed by atoms with van der Waals surface area (Å²) in [6, 6.07) is 0. The molecule has 7 heteroatoms. The molecule has 1 saturated heterocycles. The highest BCUT2D eigenvalue weighted by Crippen LogP contribution is 2.36. The lowest BCUT2D eigenvalue weighted by Gasteiger charge is -2.20. The molecule has 13 heavy (non-hydrogen) atoms. The molecule has 2 nitrogen and oxygen atoms in total. The molecule has 0 spiro atoms. The van der Waals surface area contributed by atoms with Gasteiger partial charge in [-0.3, -0.25) is 4.79 Å². The summed E-state index contributed by atoms with van der Waals surface area (Å²) in [6.45, 7) is 0. The lowest BCUT2D eigenvalue weighted by atomic mass is 10.2. The molecule has 0 radical (unpaired) electrons. The van der Waals surface area contributed by atoms with Crippen LogP contribution in [0.15, 0.2) is 0 Å². The minimum Gasteiger partial charge on any atom is -0.449 e. The number of hydrogen-bond donors (Lipinski definition) is 0. The van der Waals surface area contributed by atoms with E-state index >= 15 is 0 Å². The highest BCUT2D eigenvalue weighted by Gasteiger charge is 2.41. The average molecular weight is 509 g/mol. The molecule has 0 saturated carbocycles. The summed E-state index contributed by atoms with van der Waals surface area (Å²) in [5, 5.41) is -0.313. The van der Waals surface area contributed by atoms with Gasteiger partial charge in [-0.2, -0.15) is 0 Å². The number of hydrogen-bond acceptors (Lipinski definition) is 2. The molecule has 0 aromatic heterocycles. The van der Waals surface area contributed by atoms with E-state index in [0.717, 1.165) is 0 Å². The van der Waals surface area contributed by atoms with Gasteiger partial charge in [-0.15, -0.1) is 0 Å². The number of rotatable bonds is 0. The second-order valence-electron chi connectivity index (χ2n) is 2.52. The van der Waals surface area contributed by atoms with Crippen molar-refractivity contribution in [1.82, 2.24) is 0 Å². The summed E-state index contributed by atoms with van der Waals surface area (Å²) in [5.74, 6) is -0.268. The Balaban J connectivity index is 2.85. The third kappa shape index (κ3) is 2.92. The molecular weight excluding hydrogens is 504 g/mol. The van der Waals surface area contributed by atoms with Crippen LogP contribution < -0.4 is 0 Å². The Labute approximate surface area is 118 Å². The van der Waals surface area contributed by atoms with E-state index in [9.17, 15) is 4.79 Å². The molecule has 0 N–H and O–H groups in total. The molecule has 5 unspecified atom stereocenters. The van der Waals surface area contributed by atoms with Crippen LogP contribution in [0.1, 0.15) is 0 Å². The molecule has 1 fully saturated rings. The Morgan fingerprint density at radius 1 is 0.923 bits per heavy atom. The van der Waals surface area contributed by atoms with Gasteiger partial charge < -0.3 is 4.74 Å². The SMILES string of the molecule is O=C1OC(Br)C(Br)C(Br)C(Br)C1Br. The second kappa shape index (κ2) is 5.27. The third-order valence-corrected chi connectivity index (χ3v) is 9.42. The van der Waals surface area contributed by atoms with Crippen molar-refractivity contribution >= 4 is 85.6 Å². The molecule has 1 rings (SSSR count). The van der Waals surface area contributed by atoms with Gasteiger partial charge in [0.1, 0.15) is 4.83 Å². The van der Waals surface area contributed by atoms with Crippen LogP contribution in [0.25, 0.3) is 0 Å². The van der Waals surface area contributed by atoms with E-state index < -0.39 is 0 Å². The summed E-state index contributed by atoms with van der Waals surface area (Å²) < 4.78 is 5.10. The van der Waals surface area contributed by atoms with E-state index in [1.807, 2.05) is 0 Å². The van der Waals surface area contributed by atoms with Gasteiger partial charge in [0.05, 0.1) is 9.65 Å². The highest BCUT2D eigenvalue weighted by molar-refractivity contribution is 9.15. The van der Waals surface area contributed by atoms with Crippen molar-refractivity contribution < 1.29 is 9.53 Å². The zero-order valence-electron chi connectivity index (χ0n) is 6.09. The standard InChI is InChI=1S/C6H5Br5O2/c7-1-2(8)4(10)6(12)13-5(11)3(1)9/h1-5H. The van der Waals surface area contributed by atoms with E-state index in [4.69, 9.17) is 4.74 Å². The molecule has 0 aromatic rings. The summed E-state index contributed by atoms with van der Waals surface area (Å²) in [4.78, 5) is 11.1. The maximum atomic E-state index is 11.4. The smallest absolute Gasteiger partial charge is 0.322 e. The number of carbonyl (C=O) groups excluding carboxylic acids is 1. The molecule has 0 aromatic carbocycles. The Kier molecular flexibility index (Phi) is 5.25. The first-order chi connectivity index (χ1) is 5.95. The first-order valence-corrected chi connectivity index (χ1v) is 7.94. The van der Waals surface area contributed by atoms with Crippen LogP contribution in [-0.4, -0.2) is 30.3 Å². The zero-order valence-corrected chi connectivity index (χ0v) is 14.0. The highest BCUT2D eigenvalue weighted by atomic mass is 79.9. The fourth-order valence-electron chi connectivity index (χ4n) is 0.853. The average Bonchev–Trinajstić information content (AvgIpc) is 2.15. The molecule has 5 atom stereocenters. The van der Waals surface area contributed by atoms with Gasteiger partial charge in [0.15, 0.2) is 5.01 Å². The van der Waals surface area contributed by atoms with Crippen molar-refractivity contribution in [3.63, 3.8) is 0 Å². The van der Waals surface area contributed by atoms with Crippen LogP contribution in [0, 0.1) is 0 Å². The van der Waals surface area contributed by atoms with Crippen LogP contribution in [0.2, 0.25) is 0 Å². The fraction of sp³-hybridized carbons (Fsp3) is 0.833. The second-order valence-corrected chi connectivity index (χ2v) is 7.58. The predicted octanol–water partition coefficient (Wildman–Crippen LogP) is 3.32. The first kappa shape index (κ1) is 12.9. The lowest BCUT2D eigenvalue weighted by Crippen LogP contribution is -2.32. The Morgan fingerprint density at radius 2 is 1.46 bits per heavy atom. The van der Waals surface area contributed by atoms with Crippen LogP contribution >= 0.6 is 79.6 Å². The Morgan fingerprint density at radius 3 is 2.00 bits per heavy atom. The predicted molar refractivity (Wildman–Crippen MR) is 69.7 cm³/mol. The van der Waals surface area contributed by atoms with E-state index in [1.54, 1.807) is 0 Å². The fourth-order valence-corrected chi connectivity index (χ4v) is 4.59. The summed E-state index contributed by atoms with van der Waals surface area (Å²) >= 11 is 16.9. The zero-order chi connectivity index (χ0) is 10.2.